The highest BCUT2D eigenvalue weighted by atomic mass is 32.2. The van der Waals surface area contributed by atoms with E-state index in [0.29, 0.717) is 11.0 Å². The van der Waals surface area contributed by atoms with Gasteiger partial charge in [0.25, 0.3) is 0 Å². The van der Waals surface area contributed by atoms with Crippen LogP contribution in [0.15, 0.2) is 41.7 Å². The lowest BCUT2D eigenvalue weighted by Crippen LogP contribution is -2.37. The maximum atomic E-state index is 13.5. The molecule has 2 heterocycles. The lowest BCUT2D eigenvalue weighted by molar-refractivity contribution is -0.153. The van der Waals surface area contributed by atoms with E-state index < -0.39 is 41.9 Å². The zero-order valence-electron chi connectivity index (χ0n) is 24.5. The standard InChI is InChI=1S/C27H32F3N5O8S/c1-5-40-26(38)42-15-13-34(4)25(37)41-14-12-33(3)24(36)35-21-9-7-6-8-19(21)32-23(35)44(39)16-20-18(2)22(10-11-31-20)43-17-27(28,29)30/h6-11H,5,12-17H2,1-4H3/t44-/m0/s1. The number of aromatic nitrogens is 3. The highest BCUT2D eigenvalue weighted by molar-refractivity contribution is 7.84. The van der Waals surface area contributed by atoms with Crippen LogP contribution in [0.5, 0.6) is 5.75 Å². The number of amides is 2. The maximum Gasteiger partial charge on any atom is 0.508 e. The van der Waals surface area contributed by atoms with Gasteiger partial charge in [0, 0.05) is 25.9 Å². The van der Waals surface area contributed by atoms with Gasteiger partial charge in [-0.3, -0.25) is 9.19 Å². The average molecular weight is 644 g/mol. The molecule has 44 heavy (non-hydrogen) atoms. The van der Waals surface area contributed by atoms with E-state index in [1.54, 1.807) is 31.2 Å². The van der Waals surface area contributed by atoms with Gasteiger partial charge >= 0.3 is 24.5 Å². The average Bonchev–Trinajstić information content (AvgIpc) is 3.36. The Morgan fingerprint density at radius 2 is 1.68 bits per heavy atom. The zero-order chi connectivity index (χ0) is 32.4. The number of imidazole rings is 1. The number of hydrogen-bond acceptors (Lipinski definition) is 10. The molecule has 13 nitrogen and oxygen atoms in total. The van der Waals surface area contributed by atoms with Gasteiger partial charge in [-0.1, -0.05) is 12.1 Å². The smallest absolute Gasteiger partial charge is 0.484 e. The van der Waals surface area contributed by atoms with Gasteiger partial charge in [-0.2, -0.15) is 13.2 Å². The molecule has 3 rings (SSSR count). The molecular formula is C27H32F3N5O8S. The molecule has 0 aliphatic heterocycles. The summed E-state index contributed by atoms with van der Waals surface area (Å²) in [6.07, 6.45) is -4.85. The van der Waals surface area contributed by atoms with Gasteiger partial charge < -0.3 is 28.7 Å². The molecule has 0 saturated heterocycles. The molecule has 0 N–H and O–H groups in total. The van der Waals surface area contributed by atoms with Crippen LogP contribution in [0, 0.1) is 6.92 Å². The Kier molecular flexibility index (Phi) is 11.9. The van der Waals surface area contributed by atoms with Crippen molar-refractivity contribution in [2.75, 3.05) is 53.6 Å². The van der Waals surface area contributed by atoms with E-state index >= 15 is 0 Å². The van der Waals surface area contributed by atoms with Crippen LogP contribution < -0.4 is 4.74 Å². The fourth-order valence-electron chi connectivity index (χ4n) is 3.71. The summed E-state index contributed by atoms with van der Waals surface area (Å²) in [7, 11) is 0.949. The first kappa shape index (κ1) is 34.1. The number of pyridine rings is 1. The number of para-hydroxylation sites is 2. The molecule has 0 spiro atoms. The number of nitrogens with zero attached hydrogens (tertiary/aromatic N) is 5. The van der Waals surface area contributed by atoms with Crippen molar-refractivity contribution in [2.24, 2.45) is 0 Å². The molecule has 0 unspecified atom stereocenters. The minimum absolute atomic E-state index is 0.0322. The van der Waals surface area contributed by atoms with Gasteiger partial charge in [0.1, 0.15) is 19.0 Å². The number of hydrogen-bond donors (Lipinski definition) is 0. The van der Waals surface area contributed by atoms with Crippen molar-refractivity contribution in [3.05, 3.63) is 47.8 Å². The Bertz CT molecular complexity index is 1500. The molecule has 0 radical (unpaired) electrons. The monoisotopic (exact) mass is 643 g/mol. The molecule has 1 aromatic carbocycles. The highest BCUT2D eigenvalue weighted by Gasteiger charge is 2.29. The van der Waals surface area contributed by atoms with E-state index in [1.165, 1.54) is 47.6 Å². The van der Waals surface area contributed by atoms with E-state index in [0.717, 1.165) is 0 Å². The molecule has 3 aromatic rings. The molecule has 0 bridgehead atoms. The minimum Gasteiger partial charge on any atom is -0.484 e. The summed E-state index contributed by atoms with van der Waals surface area (Å²) in [6, 6.07) is 7.30. The van der Waals surface area contributed by atoms with Crippen molar-refractivity contribution in [3.63, 3.8) is 0 Å². The van der Waals surface area contributed by atoms with Crippen LogP contribution in [-0.4, -0.2) is 107 Å². The van der Waals surface area contributed by atoms with Gasteiger partial charge in [-0.25, -0.2) is 23.9 Å². The van der Waals surface area contributed by atoms with Crippen LogP contribution in [0.1, 0.15) is 18.2 Å². The summed E-state index contributed by atoms with van der Waals surface area (Å²) in [5.41, 5.74) is 1.25. The second-order valence-electron chi connectivity index (χ2n) is 9.26. The highest BCUT2D eigenvalue weighted by Crippen LogP contribution is 2.26. The van der Waals surface area contributed by atoms with E-state index in [4.69, 9.17) is 14.2 Å². The van der Waals surface area contributed by atoms with Crippen LogP contribution >= 0.6 is 0 Å². The molecule has 2 aromatic heterocycles. The van der Waals surface area contributed by atoms with Crippen LogP contribution in [0.3, 0.4) is 0 Å². The van der Waals surface area contributed by atoms with Crippen molar-refractivity contribution in [2.45, 2.75) is 30.9 Å². The third kappa shape index (κ3) is 9.29. The van der Waals surface area contributed by atoms with E-state index in [9.17, 15) is 31.8 Å². The molecule has 0 saturated carbocycles. The largest absolute Gasteiger partial charge is 0.508 e. The summed E-state index contributed by atoms with van der Waals surface area (Å²) in [5, 5.41) is -0.0933. The van der Waals surface area contributed by atoms with Crippen LogP contribution in [0.4, 0.5) is 27.6 Å². The van der Waals surface area contributed by atoms with E-state index in [2.05, 4.69) is 14.7 Å². The molecule has 0 fully saturated rings. The number of halogens is 3. The topological polar surface area (TPSA) is 142 Å². The third-order valence-corrected chi connectivity index (χ3v) is 7.26. The van der Waals surface area contributed by atoms with Crippen LogP contribution in [0.25, 0.3) is 11.0 Å². The van der Waals surface area contributed by atoms with Gasteiger partial charge in [0.2, 0.25) is 5.16 Å². The molecule has 17 heteroatoms. The van der Waals surface area contributed by atoms with E-state index in [-0.39, 0.29) is 60.8 Å². The lowest BCUT2D eigenvalue weighted by Gasteiger charge is -2.21. The number of likely N-dealkylation sites (N-methyl/N-ethyl adjacent to an activating group) is 2. The Labute approximate surface area is 253 Å². The number of carbonyl (C=O) groups excluding carboxylic acids is 3. The number of fused-ring (bicyclic) bond motifs is 1. The van der Waals surface area contributed by atoms with Crippen molar-refractivity contribution >= 4 is 40.1 Å². The first-order valence-electron chi connectivity index (χ1n) is 13.2. The Morgan fingerprint density at radius 3 is 2.39 bits per heavy atom. The molecule has 1 atom stereocenters. The minimum atomic E-state index is -4.54. The number of ether oxygens (including phenoxy) is 4. The summed E-state index contributed by atoms with van der Waals surface area (Å²) in [4.78, 5) is 48.0. The Hall–Kier alpha value is -4.41. The quantitative estimate of drug-likeness (QED) is 0.265. The fraction of sp³-hybridized carbons (Fsp3) is 0.444. The summed E-state index contributed by atoms with van der Waals surface area (Å²) in [5.74, 6) is -0.306. The van der Waals surface area contributed by atoms with Crippen molar-refractivity contribution in [1.29, 1.82) is 0 Å². The molecule has 0 aliphatic rings. The van der Waals surface area contributed by atoms with Crippen LogP contribution in [-0.2, 0) is 30.8 Å². The summed E-state index contributed by atoms with van der Waals surface area (Å²) in [6.45, 7) is 1.53. The SMILES string of the molecule is CCOC(=O)OCCN(C)C(=O)OCCN(C)C(=O)n1c([S@@](=O)Cc2nccc(OCC(F)(F)F)c2C)nc2ccccc21. The predicted molar refractivity (Wildman–Crippen MR) is 151 cm³/mol. The first-order chi connectivity index (χ1) is 20.8. The van der Waals surface area contributed by atoms with Crippen LogP contribution in [0.2, 0.25) is 0 Å². The zero-order valence-corrected chi connectivity index (χ0v) is 25.3. The van der Waals surface area contributed by atoms with Gasteiger partial charge in [-0.15, -0.1) is 0 Å². The van der Waals surface area contributed by atoms with Gasteiger partial charge in [0.05, 0.1) is 53.0 Å². The number of alkyl halides is 3. The summed E-state index contributed by atoms with van der Waals surface area (Å²) < 4.78 is 72.2. The van der Waals surface area contributed by atoms with E-state index in [1.807, 2.05) is 0 Å². The van der Waals surface area contributed by atoms with Crippen molar-refractivity contribution < 1.29 is 50.7 Å². The molecule has 2 amide bonds. The maximum absolute atomic E-state index is 13.5. The van der Waals surface area contributed by atoms with Crippen molar-refractivity contribution in [3.8, 4) is 5.75 Å². The van der Waals surface area contributed by atoms with Crippen molar-refractivity contribution in [1.82, 2.24) is 24.3 Å². The lowest BCUT2D eigenvalue weighted by atomic mass is 10.2. The van der Waals surface area contributed by atoms with Gasteiger partial charge in [-0.05, 0) is 32.0 Å². The number of rotatable bonds is 12. The third-order valence-electron chi connectivity index (χ3n) is 6.04. The molecule has 0 aliphatic carbocycles. The Morgan fingerprint density at radius 1 is 1.00 bits per heavy atom. The number of benzene rings is 1. The molecular weight excluding hydrogens is 611 g/mol. The fourth-order valence-corrected chi connectivity index (χ4v) is 4.96. The predicted octanol–water partition coefficient (Wildman–Crippen LogP) is 4.13. The first-order valence-corrected chi connectivity index (χ1v) is 14.6. The summed E-state index contributed by atoms with van der Waals surface area (Å²) >= 11 is 0. The Balaban J connectivity index is 1.69. The normalized spacial score (nSPS) is 12.0. The molecule has 240 valence electrons. The second-order valence-corrected chi connectivity index (χ2v) is 10.6. The number of carbonyl (C=O) groups is 3. The second kappa shape index (κ2) is 15.4. The van der Waals surface area contributed by atoms with Gasteiger partial charge in [0.15, 0.2) is 6.61 Å².